The molecule has 1 saturated heterocycles. The maximum Gasteiger partial charge on any atom is 0.389 e. The lowest BCUT2D eigenvalue weighted by Crippen LogP contribution is -2.40. The molecule has 1 atom stereocenters. The van der Waals surface area contributed by atoms with Gasteiger partial charge in [0.05, 0.1) is 17.6 Å². The van der Waals surface area contributed by atoms with E-state index in [1.807, 2.05) is 5.38 Å². The zero-order chi connectivity index (χ0) is 16.9. The highest BCUT2D eigenvalue weighted by Gasteiger charge is 2.36. The van der Waals surface area contributed by atoms with Crippen LogP contribution < -0.4 is 0 Å². The first-order valence-corrected chi connectivity index (χ1v) is 8.78. The molecule has 4 nitrogen and oxygen atoms in total. The Labute approximate surface area is 138 Å². The first kappa shape index (κ1) is 18.2. The van der Waals surface area contributed by atoms with Gasteiger partial charge in [-0.05, 0) is 12.8 Å². The van der Waals surface area contributed by atoms with Crippen molar-refractivity contribution < 1.29 is 18.0 Å². The largest absolute Gasteiger partial charge is 0.389 e. The monoisotopic (exact) mass is 349 g/mol. The summed E-state index contributed by atoms with van der Waals surface area (Å²) in [4.78, 5) is 20.4. The van der Waals surface area contributed by atoms with Gasteiger partial charge in [0.2, 0.25) is 5.91 Å². The highest BCUT2D eigenvalue weighted by molar-refractivity contribution is 7.07. The van der Waals surface area contributed by atoms with E-state index in [0.29, 0.717) is 19.6 Å². The van der Waals surface area contributed by atoms with Crippen molar-refractivity contribution in [3.63, 3.8) is 0 Å². The van der Waals surface area contributed by atoms with E-state index in [1.165, 1.54) is 0 Å². The molecule has 0 N–H and O–H groups in total. The molecule has 23 heavy (non-hydrogen) atoms. The molecule has 1 unspecified atom stereocenters. The minimum absolute atomic E-state index is 0.220. The van der Waals surface area contributed by atoms with Gasteiger partial charge in [-0.3, -0.25) is 9.69 Å². The van der Waals surface area contributed by atoms with E-state index in [9.17, 15) is 18.0 Å². The topological polar surface area (TPSA) is 36.4 Å². The lowest BCUT2D eigenvalue weighted by atomic mass is 10.00. The molecular formula is C15H22F3N3OS. The Morgan fingerprint density at radius 1 is 1.35 bits per heavy atom. The molecule has 0 aromatic carbocycles. The SMILES string of the molecule is CCC(CC(F)(F)F)C(=O)N1CCCN(Cc2cscn2)CC1. The maximum absolute atomic E-state index is 12.6. The van der Waals surface area contributed by atoms with Crippen LogP contribution in [0, 0.1) is 5.92 Å². The maximum atomic E-state index is 12.6. The van der Waals surface area contributed by atoms with Gasteiger partial charge in [-0.1, -0.05) is 6.92 Å². The van der Waals surface area contributed by atoms with Gasteiger partial charge in [-0.2, -0.15) is 13.2 Å². The number of rotatable bonds is 5. The van der Waals surface area contributed by atoms with Crippen LogP contribution >= 0.6 is 11.3 Å². The summed E-state index contributed by atoms with van der Waals surface area (Å²) in [5, 5.41) is 1.99. The highest BCUT2D eigenvalue weighted by atomic mass is 32.1. The van der Waals surface area contributed by atoms with Crippen LogP contribution in [0.15, 0.2) is 10.9 Å². The molecule has 0 radical (unpaired) electrons. The number of nitrogens with zero attached hydrogens (tertiary/aromatic N) is 3. The van der Waals surface area contributed by atoms with Crippen LogP contribution in [-0.2, 0) is 11.3 Å². The molecule has 2 heterocycles. The van der Waals surface area contributed by atoms with E-state index in [2.05, 4.69) is 9.88 Å². The lowest BCUT2D eigenvalue weighted by molar-refractivity contribution is -0.159. The van der Waals surface area contributed by atoms with Crippen molar-refractivity contribution in [2.45, 2.75) is 38.9 Å². The summed E-state index contributed by atoms with van der Waals surface area (Å²) in [5.74, 6) is -1.32. The van der Waals surface area contributed by atoms with Crippen LogP contribution in [0.4, 0.5) is 13.2 Å². The number of hydrogen-bond acceptors (Lipinski definition) is 4. The second-order valence-electron chi connectivity index (χ2n) is 5.86. The van der Waals surface area contributed by atoms with E-state index in [0.717, 1.165) is 25.2 Å². The second-order valence-corrected chi connectivity index (χ2v) is 6.58. The molecule has 0 saturated carbocycles. The molecular weight excluding hydrogens is 327 g/mol. The van der Waals surface area contributed by atoms with Crippen LogP contribution in [0.1, 0.15) is 31.9 Å². The zero-order valence-corrected chi connectivity index (χ0v) is 14.0. The van der Waals surface area contributed by atoms with Crippen LogP contribution in [-0.4, -0.2) is 53.0 Å². The van der Waals surface area contributed by atoms with Gasteiger partial charge in [0.25, 0.3) is 0 Å². The number of carbonyl (C=O) groups is 1. The molecule has 1 aromatic heterocycles. The molecule has 0 aliphatic carbocycles. The normalized spacial score (nSPS) is 18.7. The van der Waals surface area contributed by atoms with Gasteiger partial charge in [0, 0.05) is 44.0 Å². The molecule has 0 spiro atoms. The van der Waals surface area contributed by atoms with Gasteiger partial charge in [0.15, 0.2) is 0 Å². The number of aromatic nitrogens is 1. The highest BCUT2D eigenvalue weighted by Crippen LogP contribution is 2.28. The van der Waals surface area contributed by atoms with Gasteiger partial charge >= 0.3 is 6.18 Å². The van der Waals surface area contributed by atoms with Gasteiger partial charge in [-0.25, -0.2) is 4.98 Å². The molecule has 1 aliphatic heterocycles. The van der Waals surface area contributed by atoms with Crippen molar-refractivity contribution in [3.8, 4) is 0 Å². The summed E-state index contributed by atoms with van der Waals surface area (Å²) < 4.78 is 37.8. The number of alkyl halides is 3. The van der Waals surface area contributed by atoms with Crippen LogP contribution in [0.2, 0.25) is 0 Å². The Morgan fingerprint density at radius 2 is 2.13 bits per heavy atom. The molecule has 1 fully saturated rings. The first-order chi connectivity index (χ1) is 10.9. The lowest BCUT2D eigenvalue weighted by Gasteiger charge is -2.26. The standard InChI is InChI=1S/C15H22F3N3OS/c1-2-12(8-15(16,17)18)14(22)21-5-3-4-20(6-7-21)9-13-10-23-11-19-13/h10-12H,2-9H2,1H3. The Morgan fingerprint density at radius 3 is 2.74 bits per heavy atom. The van der Waals surface area contributed by atoms with Crippen LogP contribution in [0.3, 0.4) is 0 Å². The summed E-state index contributed by atoms with van der Waals surface area (Å²) in [7, 11) is 0. The average molecular weight is 349 g/mol. The number of hydrogen-bond donors (Lipinski definition) is 0. The van der Waals surface area contributed by atoms with Gasteiger partial charge in [0.1, 0.15) is 0 Å². The van der Waals surface area contributed by atoms with E-state index in [4.69, 9.17) is 0 Å². The third-order valence-electron chi connectivity index (χ3n) is 4.09. The van der Waals surface area contributed by atoms with E-state index >= 15 is 0 Å². The molecule has 1 amide bonds. The van der Waals surface area contributed by atoms with Crippen molar-refractivity contribution in [3.05, 3.63) is 16.6 Å². The van der Waals surface area contributed by atoms with Crippen molar-refractivity contribution in [1.82, 2.24) is 14.8 Å². The minimum Gasteiger partial charge on any atom is -0.341 e. The molecule has 2 rings (SSSR count). The molecule has 1 aromatic rings. The van der Waals surface area contributed by atoms with E-state index in [1.54, 1.807) is 28.7 Å². The number of amides is 1. The number of carbonyl (C=O) groups excluding carboxylic acids is 1. The fraction of sp³-hybridized carbons (Fsp3) is 0.733. The van der Waals surface area contributed by atoms with E-state index in [-0.39, 0.29) is 12.3 Å². The Hall–Kier alpha value is -1.15. The van der Waals surface area contributed by atoms with Crippen molar-refractivity contribution >= 4 is 17.2 Å². The predicted molar refractivity (Wildman–Crippen MR) is 83.0 cm³/mol. The Kier molecular flexibility index (Phi) is 6.41. The number of thiazole rings is 1. The average Bonchev–Trinajstić information content (AvgIpc) is 2.88. The fourth-order valence-corrected chi connectivity index (χ4v) is 3.39. The summed E-state index contributed by atoms with van der Waals surface area (Å²) >= 11 is 1.54. The van der Waals surface area contributed by atoms with Gasteiger partial charge in [-0.15, -0.1) is 11.3 Å². The van der Waals surface area contributed by atoms with Crippen molar-refractivity contribution in [2.75, 3.05) is 26.2 Å². The predicted octanol–water partition coefficient (Wildman–Crippen LogP) is 3.16. The second kappa shape index (κ2) is 8.10. The van der Waals surface area contributed by atoms with Crippen molar-refractivity contribution in [2.24, 2.45) is 5.92 Å². The van der Waals surface area contributed by atoms with Crippen LogP contribution in [0.5, 0.6) is 0 Å². The molecule has 8 heteroatoms. The summed E-state index contributed by atoms with van der Waals surface area (Å²) in [6.07, 6.45) is -4.32. The molecule has 0 bridgehead atoms. The summed E-state index contributed by atoms with van der Waals surface area (Å²) in [5.41, 5.74) is 2.78. The van der Waals surface area contributed by atoms with Crippen LogP contribution in [0.25, 0.3) is 0 Å². The Bertz CT molecular complexity index is 493. The smallest absolute Gasteiger partial charge is 0.341 e. The summed E-state index contributed by atoms with van der Waals surface area (Å²) in [6.45, 7) is 4.88. The van der Waals surface area contributed by atoms with Crippen molar-refractivity contribution in [1.29, 1.82) is 0 Å². The Balaban J connectivity index is 1.89. The molecule has 130 valence electrons. The third-order valence-corrected chi connectivity index (χ3v) is 4.72. The molecule has 1 aliphatic rings. The quantitative estimate of drug-likeness (QED) is 0.819. The van der Waals surface area contributed by atoms with E-state index < -0.39 is 18.5 Å². The number of halogens is 3. The van der Waals surface area contributed by atoms with Gasteiger partial charge < -0.3 is 4.90 Å². The summed E-state index contributed by atoms with van der Waals surface area (Å²) in [6, 6.07) is 0. The third kappa shape index (κ3) is 5.76. The fourth-order valence-electron chi connectivity index (χ4n) is 2.84. The first-order valence-electron chi connectivity index (χ1n) is 7.84. The minimum atomic E-state index is -4.29. The zero-order valence-electron chi connectivity index (χ0n) is 13.2.